The molecule has 0 aliphatic rings. The molecule has 0 heterocycles. The highest BCUT2D eigenvalue weighted by Gasteiger charge is 2.15. The van der Waals surface area contributed by atoms with Crippen LogP contribution in [0.3, 0.4) is 0 Å². The number of nitrogens with one attached hydrogen (secondary N) is 1. The Morgan fingerprint density at radius 1 is 1.32 bits per heavy atom. The minimum absolute atomic E-state index is 0.0754. The quantitative estimate of drug-likeness (QED) is 0.662. The van der Waals surface area contributed by atoms with E-state index in [1.807, 2.05) is 0 Å². The van der Waals surface area contributed by atoms with Gasteiger partial charge in [0.2, 0.25) is 5.91 Å². The average Bonchev–Trinajstić information content (AvgIpc) is 2.49. The molecule has 0 radical (unpaired) electrons. The van der Waals surface area contributed by atoms with Gasteiger partial charge in [-0.2, -0.15) is 0 Å². The predicted octanol–water partition coefficient (Wildman–Crippen LogP) is 1.69. The monoisotopic (exact) mass is 332 g/mol. The third kappa shape index (κ3) is 6.70. The Hall–Kier alpha value is -1.21. The van der Waals surface area contributed by atoms with E-state index < -0.39 is 5.82 Å². The number of hydrogen-bond acceptors (Lipinski definition) is 4. The molecule has 1 amide bonds. The maximum absolute atomic E-state index is 13.1. The molecule has 1 N–H and O–H groups in total. The fraction of sp³-hybridized carbons (Fsp3) is 0.533. The molecule has 5 nitrogen and oxygen atoms in total. The van der Waals surface area contributed by atoms with Crippen LogP contribution in [-0.2, 0) is 20.8 Å². The standard InChI is InChI=1S/C15H22ClFN2O3/c1-21-7-5-18-10-15(20)19(6-8-22-2)11-12-3-4-13(17)9-14(12)16/h3-4,9,18H,5-8,10-11H2,1-2H3. The van der Waals surface area contributed by atoms with Gasteiger partial charge < -0.3 is 19.7 Å². The van der Waals surface area contributed by atoms with Crippen molar-refractivity contribution in [1.82, 2.24) is 10.2 Å². The zero-order valence-corrected chi connectivity index (χ0v) is 13.7. The van der Waals surface area contributed by atoms with Crippen molar-refractivity contribution in [2.24, 2.45) is 0 Å². The summed E-state index contributed by atoms with van der Waals surface area (Å²) < 4.78 is 23.0. The number of nitrogens with zero attached hydrogens (tertiary/aromatic N) is 1. The molecule has 7 heteroatoms. The summed E-state index contributed by atoms with van der Waals surface area (Å²) in [6, 6.07) is 4.16. The number of ether oxygens (including phenoxy) is 2. The van der Waals surface area contributed by atoms with Crippen LogP contribution in [0.5, 0.6) is 0 Å². The van der Waals surface area contributed by atoms with E-state index in [0.29, 0.717) is 43.4 Å². The van der Waals surface area contributed by atoms with Crippen molar-refractivity contribution in [2.45, 2.75) is 6.54 Å². The fourth-order valence-electron chi connectivity index (χ4n) is 1.83. The van der Waals surface area contributed by atoms with E-state index in [1.54, 1.807) is 25.2 Å². The molecule has 1 rings (SSSR count). The number of methoxy groups -OCH3 is 2. The van der Waals surface area contributed by atoms with Crippen LogP contribution in [0, 0.1) is 5.82 Å². The van der Waals surface area contributed by atoms with Gasteiger partial charge >= 0.3 is 0 Å². The largest absolute Gasteiger partial charge is 0.383 e. The van der Waals surface area contributed by atoms with Crippen LogP contribution in [0.4, 0.5) is 4.39 Å². The number of halogens is 2. The lowest BCUT2D eigenvalue weighted by molar-refractivity contribution is -0.131. The number of benzene rings is 1. The van der Waals surface area contributed by atoms with E-state index in [1.165, 1.54) is 12.1 Å². The first-order valence-corrected chi connectivity index (χ1v) is 7.36. The van der Waals surface area contributed by atoms with Crippen molar-refractivity contribution in [2.75, 3.05) is 47.1 Å². The van der Waals surface area contributed by atoms with E-state index in [2.05, 4.69) is 5.32 Å². The van der Waals surface area contributed by atoms with E-state index >= 15 is 0 Å². The van der Waals surface area contributed by atoms with Crippen LogP contribution in [0.25, 0.3) is 0 Å². The summed E-state index contributed by atoms with van der Waals surface area (Å²) in [4.78, 5) is 13.9. The molecular weight excluding hydrogens is 311 g/mol. The summed E-state index contributed by atoms with van der Waals surface area (Å²) in [7, 11) is 3.18. The zero-order valence-electron chi connectivity index (χ0n) is 12.9. The highest BCUT2D eigenvalue weighted by atomic mass is 35.5. The van der Waals surface area contributed by atoms with Crippen molar-refractivity contribution in [3.63, 3.8) is 0 Å². The van der Waals surface area contributed by atoms with Gasteiger partial charge in [0.1, 0.15) is 5.82 Å². The Labute approximate surface area is 135 Å². The van der Waals surface area contributed by atoms with Crippen LogP contribution in [-0.4, -0.2) is 57.9 Å². The van der Waals surface area contributed by atoms with Gasteiger partial charge in [-0.15, -0.1) is 0 Å². The molecule has 0 saturated heterocycles. The minimum atomic E-state index is -0.398. The smallest absolute Gasteiger partial charge is 0.236 e. The highest BCUT2D eigenvalue weighted by Crippen LogP contribution is 2.19. The van der Waals surface area contributed by atoms with Crippen LogP contribution in [0.15, 0.2) is 18.2 Å². The molecule has 0 aliphatic carbocycles. The summed E-state index contributed by atoms with van der Waals surface area (Å²) in [6.45, 7) is 2.50. The Kier molecular flexibility index (Phi) is 9.00. The molecule has 1 aromatic carbocycles. The van der Waals surface area contributed by atoms with Gasteiger partial charge in [0.25, 0.3) is 0 Å². The van der Waals surface area contributed by atoms with Gasteiger partial charge in [0, 0.05) is 38.9 Å². The third-order valence-electron chi connectivity index (χ3n) is 3.05. The van der Waals surface area contributed by atoms with E-state index in [0.717, 1.165) is 0 Å². The molecule has 0 aliphatic heterocycles. The highest BCUT2D eigenvalue weighted by molar-refractivity contribution is 6.31. The Bertz CT molecular complexity index is 474. The second-order valence-corrected chi connectivity index (χ2v) is 5.12. The number of carbonyl (C=O) groups excluding carboxylic acids is 1. The van der Waals surface area contributed by atoms with Gasteiger partial charge in [0.05, 0.1) is 19.8 Å². The molecule has 1 aromatic rings. The lowest BCUT2D eigenvalue weighted by Gasteiger charge is -2.23. The zero-order chi connectivity index (χ0) is 16.4. The summed E-state index contributed by atoms with van der Waals surface area (Å²) >= 11 is 6.02. The van der Waals surface area contributed by atoms with E-state index in [-0.39, 0.29) is 12.5 Å². The van der Waals surface area contributed by atoms with Crippen LogP contribution in [0.1, 0.15) is 5.56 Å². The Balaban J connectivity index is 2.64. The van der Waals surface area contributed by atoms with Gasteiger partial charge in [-0.05, 0) is 17.7 Å². The summed E-state index contributed by atoms with van der Waals surface area (Å²) in [5.41, 5.74) is 0.699. The molecule has 0 aromatic heterocycles. The van der Waals surface area contributed by atoms with Crippen molar-refractivity contribution >= 4 is 17.5 Å². The Morgan fingerprint density at radius 2 is 2.05 bits per heavy atom. The van der Waals surface area contributed by atoms with Crippen molar-refractivity contribution in [3.05, 3.63) is 34.6 Å². The summed E-state index contributed by atoms with van der Waals surface area (Å²) in [5.74, 6) is -0.474. The van der Waals surface area contributed by atoms with Gasteiger partial charge in [-0.1, -0.05) is 17.7 Å². The van der Waals surface area contributed by atoms with Gasteiger partial charge in [0.15, 0.2) is 0 Å². The predicted molar refractivity (Wildman–Crippen MR) is 83.4 cm³/mol. The lowest BCUT2D eigenvalue weighted by atomic mass is 10.2. The topological polar surface area (TPSA) is 50.8 Å². The van der Waals surface area contributed by atoms with Gasteiger partial charge in [-0.3, -0.25) is 4.79 Å². The maximum Gasteiger partial charge on any atom is 0.236 e. The molecule has 22 heavy (non-hydrogen) atoms. The molecule has 0 spiro atoms. The number of hydrogen-bond donors (Lipinski definition) is 1. The van der Waals surface area contributed by atoms with Crippen molar-refractivity contribution < 1.29 is 18.7 Å². The molecule has 0 bridgehead atoms. The first kappa shape index (κ1) is 18.8. The molecule has 0 atom stereocenters. The average molecular weight is 333 g/mol. The SMILES string of the molecule is COCCNCC(=O)N(CCOC)Cc1ccc(F)cc1Cl. The van der Waals surface area contributed by atoms with E-state index in [4.69, 9.17) is 21.1 Å². The minimum Gasteiger partial charge on any atom is -0.383 e. The first-order valence-electron chi connectivity index (χ1n) is 6.98. The van der Waals surface area contributed by atoms with Gasteiger partial charge in [-0.25, -0.2) is 4.39 Å². The molecule has 0 saturated carbocycles. The maximum atomic E-state index is 13.1. The number of carbonyl (C=O) groups is 1. The first-order chi connectivity index (χ1) is 10.6. The second kappa shape index (κ2) is 10.5. The molecule has 124 valence electrons. The van der Waals surface area contributed by atoms with Crippen LogP contribution in [0.2, 0.25) is 5.02 Å². The number of rotatable bonds is 10. The molecular formula is C15H22ClFN2O3. The summed E-state index contributed by atoms with van der Waals surface area (Å²) in [5, 5.41) is 3.31. The summed E-state index contributed by atoms with van der Waals surface area (Å²) in [6.07, 6.45) is 0. The molecule has 0 unspecified atom stereocenters. The van der Waals surface area contributed by atoms with Crippen molar-refractivity contribution in [3.8, 4) is 0 Å². The second-order valence-electron chi connectivity index (χ2n) is 4.71. The van der Waals surface area contributed by atoms with Crippen LogP contribution >= 0.6 is 11.6 Å². The van der Waals surface area contributed by atoms with Crippen LogP contribution < -0.4 is 5.32 Å². The van der Waals surface area contributed by atoms with Crippen molar-refractivity contribution in [1.29, 1.82) is 0 Å². The fourth-order valence-corrected chi connectivity index (χ4v) is 2.06. The van der Waals surface area contributed by atoms with E-state index in [9.17, 15) is 9.18 Å². The third-order valence-corrected chi connectivity index (χ3v) is 3.41. The normalized spacial score (nSPS) is 10.7. The number of amides is 1. The molecule has 0 fully saturated rings. The lowest BCUT2D eigenvalue weighted by Crippen LogP contribution is -2.40. The Morgan fingerprint density at radius 3 is 2.68 bits per heavy atom.